The molecule has 4 rings (SSSR count). The molecule has 1 aliphatic heterocycles. The Morgan fingerprint density at radius 1 is 1.23 bits per heavy atom. The highest BCUT2D eigenvalue weighted by Gasteiger charge is 2.20. The largest absolute Gasteiger partial charge is 0.378 e. The molecule has 1 amide bonds. The van der Waals surface area contributed by atoms with E-state index >= 15 is 0 Å². The van der Waals surface area contributed by atoms with E-state index in [9.17, 15) is 9.18 Å². The van der Waals surface area contributed by atoms with Crippen molar-refractivity contribution in [2.24, 2.45) is 0 Å². The molecule has 10 heteroatoms. The minimum atomic E-state index is -0.369. The fourth-order valence-electron chi connectivity index (χ4n) is 3.27. The van der Waals surface area contributed by atoms with Crippen molar-refractivity contribution in [2.45, 2.75) is 18.6 Å². The van der Waals surface area contributed by atoms with Crippen molar-refractivity contribution in [3.05, 3.63) is 41.8 Å². The molecule has 0 unspecified atom stereocenters. The molecule has 0 saturated carbocycles. The number of thioether (sulfide) groups is 1. The number of halogens is 1. The summed E-state index contributed by atoms with van der Waals surface area (Å²) in [6.07, 6.45) is 1.78. The van der Waals surface area contributed by atoms with E-state index in [0.717, 1.165) is 35.7 Å². The second kappa shape index (κ2) is 9.40. The number of aromatic nitrogens is 4. The lowest BCUT2D eigenvalue weighted by molar-refractivity contribution is 0.0952. The van der Waals surface area contributed by atoms with Crippen LogP contribution in [0.15, 0.2) is 35.6 Å². The molecular weight excluding hydrogens is 407 g/mol. The Hall–Kier alpha value is -2.72. The molecule has 3 aromatic rings. The van der Waals surface area contributed by atoms with E-state index in [1.54, 1.807) is 22.6 Å². The van der Waals surface area contributed by atoms with Crippen molar-refractivity contribution in [3.8, 4) is 0 Å². The van der Waals surface area contributed by atoms with Crippen LogP contribution in [-0.2, 0) is 11.3 Å². The van der Waals surface area contributed by atoms with E-state index in [4.69, 9.17) is 9.72 Å². The molecule has 1 N–H and O–H groups in total. The molecule has 30 heavy (non-hydrogen) atoms. The molecule has 0 bridgehead atoms. The lowest BCUT2D eigenvalue weighted by atomic mass is 10.2. The van der Waals surface area contributed by atoms with Gasteiger partial charge in [0.15, 0.2) is 10.8 Å². The maximum absolute atomic E-state index is 13.0. The lowest BCUT2D eigenvalue weighted by Crippen LogP contribution is -2.37. The maximum Gasteiger partial charge on any atom is 0.251 e. The first-order chi connectivity index (χ1) is 14.7. The van der Waals surface area contributed by atoms with Crippen molar-refractivity contribution >= 4 is 34.5 Å². The zero-order chi connectivity index (χ0) is 20.9. The average molecular weight is 431 g/mol. The molecule has 1 saturated heterocycles. The first-order valence-corrected chi connectivity index (χ1v) is 10.9. The number of ether oxygens (including phenoxy) is 1. The molecule has 1 fully saturated rings. The standard InChI is InChI=1S/C20H23FN6O2S/c1-2-30-20-24-17(26-9-11-29-12-10-26)16-13-23-27(18(16)25-20)8-7-22-19(28)14-3-5-15(21)6-4-14/h3-6,13H,2,7-12H2,1H3,(H,22,28). The van der Waals surface area contributed by atoms with Gasteiger partial charge in [-0.05, 0) is 30.0 Å². The Balaban J connectivity index is 1.51. The van der Waals surface area contributed by atoms with Crippen LogP contribution in [0.4, 0.5) is 10.2 Å². The van der Waals surface area contributed by atoms with Crippen molar-refractivity contribution in [1.82, 2.24) is 25.1 Å². The Kier molecular flexibility index (Phi) is 6.44. The second-order valence-electron chi connectivity index (χ2n) is 6.73. The Bertz CT molecular complexity index is 1020. The highest BCUT2D eigenvalue weighted by molar-refractivity contribution is 7.99. The van der Waals surface area contributed by atoms with E-state index in [2.05, 4.69) is 27.2 Å². The van der Waals surface area contributed by atoms with Crippen LogP contribution in [-0.4, -0.2) is 64.3 Å². The van der Waals surface area contributed by atoms with Crippen LogP contribution in [0.2, 0.25) is 0 Å². The summed E-state index contributed by atoms with van der Waals surface area (Å²) in [5, 5.41) is 8.92. The summed E-state index contributed by atoms with van der Waals surface area (Å²) < 4.78 is 20.3. The summed E-state index contributed by atoms with van der Waals surface area (Å²) in [7, 11) is 0. The van der Waals surface area contributed by atoms with Crippen LogP contribution in [0.1, 0.15) is 17.3 Å². The van der Waals surface area contributed by atoms with Gasteiger partial charge in [-0.1, -0.05) is 18.7 Å². The third kappa shape index (κ3) is 4.54. The summed E-state index contributed by atoms with van der Waals surface area (Å²) >= 11 is 1.59. The van der Waals surface area contributed by atoms with Crippen LogP contribution in [0.25, 0.3) is 11.0 Å². The summed E-state index contributed by atoms with van der Waals surface area (Å²) in [6, 6.07) is 5.47. The summed E-state index contributed by atoms with van der Waals surface area (Å²) in [6.45, 7) is 5.81. The highest BCUT2D eigenvalue weighted by atomic mass is 32.2. The van der Waals surface area contributed by atoms with Crippen molar-refractivity contribution in [2.75, 3.05) is 43.5 Å². The molecular formula is C20H23FN6O2S. The van der Waals surface area contributed by atoms with E-state index in [-0.39, 0.29) is 11.7 Å². The third-order valence-corrected chi connectivity index (χ3v) is 5.48. The number of nitrogens with one attached hydrogen (secondary N) is 1. The van der Waals surface area contributed by atoms with Gasteiger partial charge in [-0.15, -0.1) is 0 Å². The van der Waals surface area contributed by atoms with Crippen LogP contribution >= 0.6 is 11.8 Å². The zero-order valence-electron chi connectivity index (χ0n) is 16.7. The molecule has 0 atom stereocenters. The van der Waals surface area contributed by atoms with E-state index < -0.39 is 0 Å². The molecule has 1 aromatic carbocycles. The number of hydrogen-bond donors (Lipinski definition) is 1. The number of benzene rings is 1. The molecule has 0 radical (unpaired) electrons. The number of carbonyl (C=O) groups excluding carboxylic acids is 1. The number of amides is 1. The van der Waals surface area contributed by atoms with Gasteiger partial charge < -0.3 is 15.0 Å². The molecule has 158 valence electrons. The fraction of sp³-hybridized carbons (Fsp3) is 0.400. The van der Waals surface area contributed by atoms with Gasteiger partial charge >= 0.3 is 0 Å². The van der Waals surface area contributed by atoms with E-state index in [0.29, 0.717) is 37.0 Å². The van der Waals surface area contributed by atoms with Crippen LogP contribution in [0, 0.1) is 5.82 Å². The first-order valence-electron chi connectivity index (χ1n) is 9.88. The van der Waals surface area contributed by atoms with Gasteiger partial charge in [0.05, 0.1) is 31.3 Å². The van der Waals surface area contributed by atoms with E-state index in [1.807, 2.05) is 0 Å². The number of rotatable bonds is 7. The first kappa shape index (κ1) is 20.5. The third-order valence-electron chi connectivity index (χ3n) is 4.76. The molecule has 0 aliphatic carbocycles. The number of nitrogens with zero attached hydrogens (tertiary/aromatic N) is 5. The predicted octanol–water partition coefficient (Wildman–Crippen LogP) is 2.34. The predicted molar refractivity (Wildman–Crippen MR) is 113 cm³/mol. The molecule has 1 aliphatic rings. The molecule has 8 nitrogen and oxygen atoms in total. The summed E-state index contributed by atoms with van der Waals surface area (Å²) in [5.41, 5.74) is 1.17. The van der Waals surface area contributed by atoms with Gasteiger partial charge in [-0.25, -0.2) is 19.0 Å². The fourth-order valence-corrected chi connectivity index (χ4v) is 3.83. The van der Waals surface area contributed by atoms with Gasteiger partial charge in [0, 0.05) is 25.2 Å². The number of fused-ring (bicyclic) bond motifs is 1. The molecule has 2 aromatic heterocycles. The Labute approximate surface area is 177 Å². The van der Waals surface area contributed by atoms with Crippen molar-refractivity contribution in [1.29, 1.82) is 0 Å². The maximum atomic E-state index is 13.0. The number of carbonyl (C=O) groups is 1. The second-order valence-corrected chi connectivity index (χ2v) is 7.96. The summed E-state index contributed by atoms with van der Waals surface area (Å²) in [5.74, 6) is 1.12. The normalized spacial score (nSPS) is 14.3. The molecule has 0 spiro atoms. The number of morpholine rings is 1. The van der Waals surface area contributed by atoms with Crippen LogP contribution in [0.3, 0.4) is 0 Å². The van der Waals surface area contributed by atoms with Crippen LogP contribution in [0.5, 0.6) is 0 Å². The molecule has 3 heterocycles. The quantitative estimate of drug-likeness (QED) is 0.455. The SMILES string of the molecule is CCSc1nc(N2CCOCC2)c2cnn(CCNC(=O)c3ccc(F)cc3)c2n1. The number of anilines is 1. The van der Waals surface area contributed by atoms with Gasteiger partial charge in [0.25, 0.3) is 5.91 Å². The summed E-state index contributed by atoms with van der Waals surface area (Å²) in [4.78, 5) is 23.9. The van der Waals surface area contributed by atoms with Gasteiger partial charge in [-0.2, -0.15) is 5.10 Å². The number of hydrogen-bond acceptors (Lipinski definition) is 7. The zero-order valence-corrected chi connectivity index (χ0v) is 17.5. The minimum Gasteiger partial charge on any atom is -0.378 e. The van der Waals surface area contributed by atoms with Gasteiger partial charge in [0.2, 0.25) is 0 Å². The van der Waals surface area contributed by atoms with Crippen LogP contribution < -0.4 is 10.2 Å². The van der Waals surface area contributed by atoms with Gasteiger partial charge in [0.1, 0.15) is 11.6 Å². The lowest BCUT2D eigenvalue weighted by Gasteiger charge is -2.28. The minimum absolute atomic E-state index is 0.252. The highest BCUT2D eigenvalue weighted by Crippen LogP contribution is 2.27. The van der Waals surface area contributed by atoms with Crippen molar-refractivity contribution < 1.29 is 13.9 Å². The topological polar surface area (TPSA) is 85.2 Å². The Morgan fingerprint density at radius 2 is 2.00 bits per heavy atom. The average Bonchev–Trinajstić information content (AvgIpc) is 3.17. The smallest absolute Gasteiger partial charge is 0.251 e. The Morgan fingerprint density at radius 3 is 2.73 bits per heavy atom. The van der Waals surface area contributed by atoms with E-state index in [1.165, 1.54) is 24.3 Å². The van der Waals surface area contributed by atoms with Crippen molar-refractivity contribution in [3.63, 3.8) is 0 Å². The monoisotopic (exact) mass is 430 g/mol. The van der Waals surface area contributed by atoms with Gasteiger partial charge in [-0.3, -0.25) is 4.79 Å².